The fourth-order valence-corrected chi connectivity index (χ4v) is 3.88. The molecule has 27 heavy (non-hydrogen) atoms. The number of rotatable bonds is 6. The molecule has 3 N–H and O–H groups in total. The fourth-order valence-electron chi connectivity index (χ4n) is 3.88. The molecule has 2 aliphatic heterocycles. The van der Waals surface area contributed by atoms with Gasteiger partial charge in [0, 0.05) is 31.2 Å². The fraction of sp³-hybridized carbons (Fsp3) is 0.600. The summed E-state index contributed by atoms with van der Waals surface area (Å²) in [5.41, 5.74) is 0.770. The van der Waals surface area contributed by atoms with E-state index in [9.17, 15) is 9.59 Å². The molecular weight excluding hydrogens is 364 g/mol. The van der Waals surface area contributed by atoms with E-state index in [1.54, 1.807) is 0 Å². The summed E-state index contributed by atoms with van der Waals surface area (Å²) in [5, 5.41) is 9.11. The SMILES string of the molecule is Cl.O=C(NCC1CCCCN1C(=O)CCC1CCNC1)Nc1ccccc1. The van der Waals surface area contributed by atoms with Crippen LogP contribution in [0.15, 0.2) is 30.3 Å². The maximum atomic E-state index is 12.7. The van der Waals surface area contributed by atoms with Crippen LogP contribution in [0.5, 0.6) is 0 Å². The van der Waals surface area contributed by atoms with Gasteiger partial charge in [-0.2, -0.15) is 0 Å². The number of hydrogen-bond acceptors (Lipinski definition) is 3. The van der Waals surface area contributed by atoms with Crippen molar-refractivity contribution in [2.75, 3.05) is 31.5 Å². The van der Waals surface area contributed by atoms with Crippen LogP contribution in [0.3, 0.4) is 0 Å². The van der Waals surface area contributed by atoms with Gasteiger partial charge in [0.1, 0.15) is 0 Å². The molecule has 3 amide bonds. The highest BCUT2D eigenvalue weighted by atomic mass is 35.5. The topological polar surface area (TPSA) is 73.5 Å². The van der Waals surface area contributed by atoms with Crippen molar-refractivity contribution in [1.29, 1.82) is 0 Å². The molecule has 1 aromatic carbocycles. The molecule has 0 aromatic heterocycles. The molecule has 6 nitrogen and oxygen atoms in total. The van der Waals surface area contributed by atoms with Crippen LogP contribution in [0, 0.1) is 5.92 Å². The van der Waals surface area contributed by atoms with Crippen molar-refractivity contribution < 1.29 is 9.59 Å². The van der Waals surface area contributed by atoms with Gasteiger partial charge in [0.2, 0.25) is 5.91 Å². The number of anilines is 1. The summed E-state index contributed by atoms with van der Waals surface area (Å²) in [7, 11) is 0. The van der Waals surface area contributed by atoms with Crippen LogP contribution in [-0.4, -0.2) is 49.1 Å². The Morgan fingerprint density at radius 1 is 1.15 bits per heavy atom. The lowest BCUT2D eigenvalue weighted by Crippen LogP contribution is -2.50. The first-order valence-electron chi connectivity index (χ1n) is 9.82. The minimum Gasteiger partial charge on any atom is -0.338 e. The molecule has 150 valence electrons. The van der Waals surface area contributed by atoms with Crippen LogP contribution < -0.4 is 16.0 Å². The zero-order chi connectivity index (χ0) is 18.2. The van der Waals surface area contributed by atoms with Gasteiger partial charge < -0.3 is 20.9 Å². The molecule has 0 saturated carbocycles. The van der Waals surface area contributed by atoms with Crippen LogP contribution in [0.4, 0.5) is 10.5 Å². The van der Waals surface area contributed by atoms with Crippen molar-refractivity contribution in [2.45, 2.75) is 44.6 Å². The zero-order valence-electron chi connectivity index (χ0n) is 15.8. The Kier molecular flexibility index (Phi) is 8.88. The summed E-state index contributed by atoms with van der Waals surface area (Å²) >= 11 is 0. The monoisotopic (exact) mass is 394 g/mol. The van der Waals surface area contributed by atoms with E-state index in [1.807, 2.05) is 35.2 Å². The van der Waals surface area contributed by atoms with Crippen molar-refractivity contribution in [3.8, 4) is 0 Å². The van der Waals surface area contributed by atoms with Gasteiger partial charge in [0.15, 0.2) is 0 Å². The molecule has 2 atom stereocenters. The summed E-state index contributed by atoms with van der Waals surface area (Å²) in [4.78, 5) is 26.8. The number of likely N-dealkylation sites (tertiary alicyclic amines) is 1. The third-order valence-electron chi connectivity index (χ3n) is 5.41. The molecule has 3 rings (SSSR count). The average molecular weight is 395 g/mol. The summed E-state index contributed by atoms with van der Waals surface area (Å²) in [6, 6.07) is 9.29. The Morgan fingerprint density at radius 2 is 1.96 bits per heavy atom. The number of carbonyl (C=O) groups excluding carboxylic acids is 2. The number of nitrogens with one attached hydrogen (secondary N) is 3. The smallest absolute Gasteiger partial charge is 0.319 e. The molecule has 0 radical (unpaired) electrons. The summed E-state index contributed by atoms with van der Waals surface area (Å²) < 4.78 is 0. The molecule has 7 heteroatoms. The second-order valence-corrected chi connectivity index (χ2v) is 7.34. The molecular formula is C20H31ClN4O2. The van der Waals surface area contributed by atoms with Gasteiger partial charge in [-0.3, -0.25) is 4.79 Å². The quantitative estimate of drug-likeness (QED) is 0.694. The highest BCUT2D eigenvalue weighted by molar-refractivity contribution is 5.89. The molecule has 1 aromatic rings. The number of halogens is 1. The predicted octanol–water partition coefficient (Wildman–Crippen LogP) is 3.00. The van der Waals surface area contributed by atoms with Crippen LogP contribution in [-0.2, 0) is 4.79 Å². The maximum absolute atomic E-state index is 12.7. The minimum absolute atomic E-state index is 0. The molecule has 0 bridgehead atoms. The summed E-state index contributed by atoms with van der Waals surface area (Å²) in [6.07, 6.45) is 5.91. The third kappa shape index (κ3) is 6.70. The van der Waals surface area contributed by atoms with Gasteiger partial charge in [0.05, 0.1) is 0 Å². The third-order valence-corrected chi connectivity index (χ3v) is 5.41. The lowest BCUT2D eigenvalue weighted by molar-refractivity contribution is -0.135. The van der Waals surface area contributed by atoms with E-state index in [-0.39, 0.29) is 30.4 Å². The van der Waals surface area contributed by atoms with E-state index in [0.717, 1.165) is 51.0 Å². The molecule has 2 heterocycles. The van der Waals surface area contributed by atoms with Gasteiger partial charge in [-0.25, -0.2) is 4.79 Å². The van der Waals surface area contributed by atoms with Crippen molar-refractivity contribution >= 4 is 30.0 Å². The second kappa shape index (κ2) is 11.1. The van der Waals surface area contributed by atoms with Gasteiger partial charge in [-0.05, 0) is 63.2 Å². The lowest BCUT2D eigenvalue weighted by Gasteiger charge is -2.36. The molecule has 2 fully saturated rings. The van der Waals surface area contributed by atoms with Crippen molar-refractivity contribution in [3.63, 3.8) is 0 Å². The van der Waals surface area contributed by atoms with E-state index < -0.39 is 0 Å². The van der Waals surface area contributed by atoms with Gasteiger partial charge in [-0.15, -0.1) is 12.4 Å². The van der Waals surface area contributed by atoms with E-state index in [1.165, 1.54) is 6.42 Å². The average Bonchev–Trinajstić information content (AvgIpc) is 3.19. The Hall–Kier alpha value is -1.79. The van der Waals surface area contributed by atoms with Crippen molar-refractivity contribution in [1.82, 2.24) is 15.5 Å². The zero-order valence-corrected chi connectivity index (χ0v) is 16.6. The number of hydrogen-bond donors (Lipinski definition) is 3. The first-order valence-corrected chi connectivity index (χ1v) is 9.82. The van der Waals surface area contributed by atoms with E-state index in [2.05, 4.69) is 16.0 Å². The minimum atomic E-state index is -0.216. The number of para-hydroxylation sites is 1. The molecule has 0 aliphatic carbocycles. The number of piperidine rings is 1. The number of amides is 3. The Balaban J connectivity index is 0.00000261. The van der Waals surface area contributed by atoms with Gasteiger partial charge in [-0.1, -0.05) is 18.2 Å². The predicted molar refractivity (Wildman–Crippen MR) is 110 cm³/mol. The van der Waals surface area contributed by atoms with Crippen molar-refractivity contribution in [2.24, 2.45) is 5.92 Å². The first-order chi connectivity index (χ1) is 12.7. The Labute approximate surface area is 167 Å². The number of urea groups is 1. The van der Waals surface area contributed by atoms with Gasteiger partial charge in [0.25, 0.3) is 0 Å². The second-order valence-electron chi connectivity index (χ2n) is 7.34. The van der Waals surface area contributed by atoms with E-state index in [4.69, 9.17) is 0 Å². The Morgan fingerprint density at radius 3 is 2.70 bits per heavy atom. The first kappa shape index (κ1) is 21.5. The molecule has 2 aliphatic rings. The maximum Gasteiger partial charge on any atom is 0.319 e. The summed E-state index contributed by atoms with van der Waals surface area (Å²) in [5.74, 6) is 0.879. The largest absolute Gasteiger partial charge is 0.338 e. The number of nitrogens with zero attached hydrogens (tertiary/aromatic N) is 1. The standard InChI is InChI=1S/C20H30N4O2.ClH/c25-19(10-9-16-11-12-21-14-16)24-13-5-4-8-18(24)15-22-20(26)23-17-6-2-1-3-7-17;/h1-3,6-7,16,18,21H,4-5,8-15H2,(H2,22,23,26);1H. The van der Waals surface area contributed by atoms with E-state index in [0.29, 0.717) is 18.9 Å². The van der Waals surface area contributed by atoms with Gasteiger partial charge >= 0.3 is 6.03 Å². The van der Waals surface area contributed by atoms with Crippen LogP contribution in [0.2, 0.25) is 0 Å². The summed E-state index contributed by atoms with van der Waals surface area (Å²) in [6.45, 7) is 3.44. The van der Waals surface area contributed by atoms with E-state index >= 15 is 0 Å². The van der Waals surface area contributed by atoms with Crippen LogP contribution in [0.1, 0.15) is 38.5 Å². The lowest BCUT2D eigenvalue weighted by atomic mass is 9.98. The number of benzene rings is 1. The Bertz CT molecular complexity index is 593. The molecule has 2 unspecified atom stereocenters. The highest BCUT2D eigenvalue weighted by Crippen LogP contribution is 2.20. The van der Waals surface area contributed by atoms with Crippen molar-refractivity contribution in [3.05, 3.63) is 30.3 Å². The van der Waals surface area contributed by atoms with Crippen LogP contribution >= 0.6 is 12.4 Å². The van der Waals surface area contributed by atoms with Crippen LogP contribution in [0.25, 0.3) is 0 Å². The number of carbonyl (C=O) groups is 2. The molecule has 0 spiro atoms. The molecule has 2 saturated heterocycles. The normalized spacial score (nSPS) is 22.0. The highest BCUT2D eigenvalue weighted by Gasteiger charge is 2.27.